The maximum absolute atomic E-state index is 12.4. The number of carbonyl (C=O) groups excluding carboxylic acids is 3. The van der Waals surface area contributed by atoms with E-state index in [1.807, 2.05) is 24.3 Å². The molecule has 0 atom stereocenters. The zero-order chi connectivity index (χ0) is 17.8. The van der Waals surface area contributed by atoms with Crippen molar-refractivity contribution in [2.45, 2.75) is 0 Å². The molecule has 0 aromatic heterocycles. The summed E-state index contributed by atoms with van der Waals surface area (Å²) >= 11 is 0. The lowest BCUT2D eigenvalue weighted by Gasteiger charge is -2.29. The molecule has 1 N–H and O–H groups in total. The predicted molar refractivity (Wildman–Crippen MR) is 92.9 cm³/mol. The van der Waals surface area contributed by atoms with Crippen LogP contribution in [0.15, 0.2) is 42.5 Å². The van der Waals surface area contributed by atoms with Gasteiger partial charge in [-0.05, 0) is 23.8 Å². The Hall–Kier alpha value is -2.93. The minimum Gasteiger partial charge on any atom is -0.378 e. The number of nitrogens with one attached hydrogen (secondary N) is 1. The number of ether oxygens (including phenoxy) is 1. The van der Waals surface area contributed by atoms with Crippen molar-refractivity contribution in [3.8, 4) is 0 Å². The smallest absolute Gasteiger partial charge is 0.331 e. The van der Waals surface area contributed by atoms with Gasteiger partial charge in [0.05, 0.1) is 13.2 Å². The largest absolute Gasteiger partial charge is 0.378 e. The molecular formula is C18H19N3O4. The third-order valence-corrected chi connectivity index (χ3v) is 4.08. The number of imide groups is 2. The molecule has 0 unspecified atom stereocenters. The normalized spacial score (nSPS) is 20.0. The number of nitrogens with zero attached hydrogens (tertiary/aromatic N) is 2. The van der Waals surface area contributed by atoms with E-state index in [1.165, 1.54) is 12.2 Å². The molecule has 1 aromatic carbocycles. The topological polar surface area (TPSA) is 79.0 Å². The minimum absolute atomic E-state index is 0.0469. The molecule has 0 aliphatic carbocycles. The minimum atomic E-state index is -0.727. The van der Waals surface area contributed by atoms with Gasteiger partial charge in [0, 0.05) is 25.3 Å². The molecule has 7 nitrogen and oxygen atoms in total. The molecule has 2 aliphatic heterocycles. The van der Waals surface area contributed by atoms with Crippen LogP contribution in [0.25, 0.3) is 6.08 Å². The van der Waals surface area contributed by atoms with Gasteiger partial charge in [-0.3, -0.25) is 19.8 Å². The fourth-order valence-corrected chi connectivity index (χ4v) is 2.76. The van der Waals surface area contributed by atoms with E-state index in [9.17, 15) is 14.4 Å². The van der Waals surface area contributed by atoms with E-state index in [4.69, 9.17) is 4.74 Å². The van der Waals surface area contributed by atoms with E-state index >= 15 is 0 Å². The summed E-state index contributed by atoms with van der Waals surface area (Å²) in [7, 11) is 0. The fraction of sp³-hybridized carbons (Fsp3) is 0.278. The highest BCUT2D eigenvalue weighted by molar-refractivity contribution is 6.31. The third kappa shape index (κ3) is 3.61. The molecule has 0 radical (unpaired) electrons. The van der Waals surface area contributed by atoms with Gasteiger partial charge in [0.1, 0.15) is 5.57 Å². The summed E-state index contributed by atoms with van der Waals surface area (Å²) < 4.78 is 5.34. The average molecular weight is 341 g/mol. The Morgan fingerprint density at radius 3 is 2.44 bits per heavy atom. The molecule has 1 aromatic rings. The second-order valence-corrected chi connectivity index (χ2v) is 5.71. The maximum atomic E-state index is 12.4. The first kappa shape index (κ1) is 16.9. The van der Waals surface area contributed by atoms with Crippen molar-refractivity contribution in [2.24, 2.45) is 0 Å². The lowest BCUT2D eigenvalue weighted by atomic mass is 10.1. The molecule has 0 saturated carbocycles. The monoisotopic (exact) mass is 341 g/mol. The Kier molecular flexibility index (Phi) is 4.95. The van der Waals surface area contributed by atoms with E-state index in [0.717, 1.165) is 23.7 Å². The molecule has 0 spiro atoms. The Morgan fingerprint density at radius 1 is 1.12 bits per heavy atom. The first-order valence-electron chi connectivity index (χ1n) is 8.02. The number of hydrogen-bond donors (Lipinski definition) is 1. The van der Waals surface area contributed by atoms with Crippen molar-refractivity contribution < 1.29 is 19.1 Å². The first-order chi connectivity index (χ1) is 12.1. The fourth-order valence-electron chi connectivity index (χ4n) is 2.76. The first-order valence-corrected chi connectivity index (χ1v) is 8.02. The van der Waals surface area contributed by atoms with Crippen molar-refractivity contribution >= 4 is 29.6 Å². The van der Waals surface area contributed by atoms with Gasteiger partial charge in [-0.15, -0.1) is 6.58 Å². The molecule has 7 heteroatoms. The van der Waals surface area contributed by atoms with Gasteiger partial charge in [-0.25, -0.2) is 4.79 Å². The summed E-state index contributed by atoms with van der Waals surface area (Å²) in [6.07, 6.45) is 2.92. The molecule has 2 fully saturated rings. The van der Waals surface area contributed by atoms with E-state index < -0.39 is 17.8 Å². The van der Waals surface area contributed by atoms with Crippen LogP contribution < -0.4 is 10.2 Å². The molecule has 2 aliphatic rings. The summed E-state index contributed by atoms with van der Waals surface area (Å²) in [6, 6.07) is 6.83. The number of benzene rings is 1. The van der Waals surface area contributed by atoms with Crippen LogP contribution in [0.1, 0.15) is 5.56 Å². The number of carbonyl (C=O) groups is 3. The number of anilines is 1. The molecule has 130 valence electrons. The number of morpholine rings is 1. The van der Waals surface area contributed by atoms with Crippen LogP contribution in [-0.4, -0.2) is 55.6 Å². The van der Waals surface area contributed by atoms with Crippen LogP contribution >= 0.6 is 0 Å². The Morgan fingerprint density at radius 2 is 1.80 bits per heavy atom. The van der Waals surface area contributed by atoms with Crippen molar-refractivity contribution in [1.82, 2.24) is 10.2 Å². The number of rotatable bonds is 4. The predicted octanol–water partition coefficient (Wildman–Crippen LogP) is 1.17. The van der Waals surface area contributed by atoms with Crippen LogP contribution in [0.5, 0.6) is 0 Å². The van der Waals surface area contributed by atoms with E-state index in [0.29, 0.717) is 18.8 Å². The molecular weight excluding hydrogens is 322 g/mol. The van der Waals surface area contributed by atoms with Crippen molar-refractivity contribution in [1.29, 1.82) is 0 Å². The van der Waals surface area contributed by atoms with Gasteiger partial charge in [0.25, 0.3) is 11.8 Å². The highest BCUT2D eigenvalue weighted by atomic mass is 16.5. The molecule has 2 heterocycles. The molecule has 4 amide bonds. The van der Waals surface area contributed by atoms with Gasteiger partial charge in [0.2, 0.25) is 0 Å². The summed E-state index contributed by atoms with van der Waals surface area (Å²) in [5, 5.41) is 2.17. The molecule has 0 bridgehead atoms. The maximum Gasteiger partial charge on any atom is 0.331 e. The van der Waals surface area contributed by atoms with Gasteiger partial charge >= 0.3 is 6.03 Å². The van der Waals surface area contributed by atoms with E-state index in [2.05, 4.69) is 16.8 Å². The summed E-state index contributed by atoms with van der Waals surface area (Å²) in [5.74, 6) is -1.31. The Labute approximate surface area is 145 Å². The van der Waals surface area contributed by atoms with Gasteiger partial charge in [-0.1, -0.05) is 18.2 Å². The summed E-state index contributed by atoms with van der Waals surface area (Å²) in [5.41, 5.74) is 1.71. The number of hydrogen-bond acceptors (Lipinski definition) is 5. The average Bonchev–Trinajstić information content (AvgIpc) is 2.63. The lowest BCUT2D eigenvalue weighted by molar-refractivity contribution is -0.129. The van der Waals surface area contributed by atoms with Gasteiger partial charge in [0.15, 0.2) is 0 Å². The lowest BCUT2D eigenvalue weighted by Crippen LogP contribution is -2.54. The standard InChI is InChI=1S/C18H19N3O4/c1-2-7-21-17(23)15(16(22)19-18(21)24)12-13-3-5-14(6-4-13)20-8-10-25-11-9-20/h2-6,12H,1,7-11H2,(H,19,22,24)/b15-12-. The second kappa shape index (κ2) is 7.31. The number of barbiturate groups is 1. The summed E-state index contributed by atoms with van der Waals surface area (Å²) in [6.45, 7) is 6.63. The van der Waals surface area contributed by atoms with Crippen LogP contribution in [0.2, 0.25) is 0 Å². The van der Waals surface area contributed by atoms with Crippen molar-refractivity contribution in [2.75, 3.05) is 37.7 Å². The van der Waals surface area contributed by atoms with Crippen LogP contribution in [0.3, 0.4) is 0 Å². The van der Waals surface area contributed by atoms with Gasteiger partial charge < -0.3 is 9.64 Å². The highest BCUT2D eigenvalue weighted by Crippen LogP contribution is 2.19. The highest BCUT2D eigenvalue weighted by Gasteiger charge is 2.34. The Bertz CT molecular complexity index is 733. The number of amides is 4. The van der Waals surface area contributed by atoms with Gasteiger partial charge in [-0.2, -0.15) is 0 Å². The van der Waals surface area contributed by atoms with Crippen molar-refractivity contribution in [3.63, 3.8) is 0 Å². The Balaban J connectivity index is 1.81. The number of urea groups is 1. The van der Waals surface area contributed by atoms with Crippen LogP contribution in [-0.2, 0) is 14.3 Å². The van der Waals surface area contributed by atoms with Crippen LogP contribution in [0, 0.1) is 0 Å². The third-order valence-electron chi connectivity index (χ3n) is 4.08. The SMILES string of the molecule is C=CCN1C(=O)NC(=O)/C(=C/c2ccc(N3CCOCC3)cc2)C1=O. The quantitative estimate of drug-likeness (QED) is 0.505. The second-order valence-electron chi connectivity index (χ2n) is 5.71. The zero-order valence-electron chi connectivity index (χ0n) is 13.7. The molecule has 3 rings (SSSR count). The van der Waals surface area contributed by atoms with E-state index in [-0.39, 0.29) is 12.1 Å². The van der Waals surface area contributed by atoms with E-state index in [1.54, 1.807) is 0 Å². The summed E-state index contributed by atoms with van der Waals surface area (Å²) in [4.78, 5) is 39.2. The zero-order valence-corrected chi connectivity index (χ0v) is 13.7. The van der Waals surface area contributed by atoms with Crippen molar-refractivity contribution in [3.05, 3.63) is 48.1 Å². The van der Waals surface area contributed by atoms with Crippen LogP contribution in [0.4, 0.5) is 10.5 Å². The molecule has 25 heavy (non-hydrogen) atoms. The molecule has 2 saturated heterocycles.